The van der Waals surface area contributed by atoms with Gasteiger partial charge in [0.2, 0.25) is 0 Å². The van der Waals surface area contributed by atoms with Crippen molar-refractivity contribution in [1.82, 2.24) is 19.9 Å². The van der Waals surface area contributed by atoms with E-state index in [9.17, 15) is 4.79 Å². The summed E-state index contributed by atoms with van der Waals surface area (Å²) in [4.78, 5) is 22.5. The molecule has 1 aliphatic carbocycles. The molecular weight excluding hydrogens is 416 g/mol. The fraction of sp³-hybridized carbons (Fsp3) is 0.500. The summed E-state index contributed by atoms with van der Waals surface area (Å²) in [5.74, 6) is 0.0184. The molecule has 0 saturated heterocycles. The first-order valence-corrected chi connectivity index (χ1v) is 12.8. The van der Waals surface area contributed by atoms with Gasteiger partial charge in [0.1, 0.15) is 5.01 Å². The fourth-order valence-electron chi connectivity index (χ4n) is 4.59. The quantitative estimate of drug-likeness (QED) is 0.442. The normalized spacial score (nSPS) is 15.6. The molecule has 0 bridgehead atoms. The van der Waals surface area contributed by atoms with Gasteiger partial charge < -0.3 is 9.88 Å². The summed E-state index contributed by atoms with van der Waals surface area (Å²) in [5.41, 5.74) is 6.03. The van der Waals surface area contributed by atoms with E-state index in [1.54, 1.807) is 11.3 Å². The average Bonchev–Trinajstić information content (AvgIpc) is 3.44. The minimum absolute atomic E-state index is 0.0184. The molecular formula is C26H34N4OS. The summed E-state index contributed by atoms with van der Waals surface area (Å²) in [7, 11) is 0. The lowest BCUT2D eigenvalue weighted by atomic mass is 9.95. The van der Waals surface area contributed by atoms with Crippen LogP contribution in [0.15, 0.2) is 29.8 Å². The Morgan fingerprint density at radius 1 is 1.25 bits per heavy atom. The van der Waals surface area contributed by atoms with E-state index in [0.29, 0.717) is 6.04 Å². The molecule has 0 aliphatic heterocycles. The number of amides is 1. The van der Waals surface area contributed by atoms with Crippen molar-refractivity contribution in [2.45, 2.75) is 84.7 Å². The number of hydrogen-bond donors (Lipinski definition) is 1. The van der Waals surface area contributed by atoms with Crippen molar-refractivity contribution >= 4 is 17.2 Å². The second-order valence-electron chi connectivity index (χ2n) is 8.90. The molecule has 1 fully saturated rings. The summed E-state index contributed by atoms with van der Waals surface area (Å²) in [6.07, 6.45) is 9.81. The van der Waals surface area contributed by atoms with Gasteiger partial charge in [-0.15, -0.1) is 11.3 Å². The minimum atomic E-state index is 0.0184. The van der Waals surface area contributed by atoms with Gasteiger partial charge in [0.25, 0.3) is 5.91 Å². The summed E-state index contributed by atoms with van der Waals surface area (Å²) < 4.78 is 2.40. The Morgan fingerprint density at radius 3 is 2.75 bits per heavy atom. The average molecular weight is 451 g/mol. The molecule has 1 amide bonds. The van der Waals surface area contributed by atoms with E-state index in [0.717, 1.165) is 64.6 Å². The predicted octanol–water partition coefficient (Wildman–Crippen LogP) is 6.58. The number of aryl methyl sites for hydroxylation is 1. The van der Waals surface area contributed by atoms with Crippen molar-refractivity contribution in [3.05, 3.63) is 46.7 Å². The number of carbonyl (C=O) groups excluding carboxylic acids is 1. The van der Waals surface area contributed by atoms with E-state index in [-0.39, 0.29) is 11.9 Å². The second-order valence-corrected chi connectivity index (χ2v) is 9.76. The third kappa shape index (κ3) is 4.65. The smallest absolute Gasteiger partial charge is 0.253 e. The standard InChI is InChI=1S/C26H34N4OS/c1-5-17(3)28-25(31)22-15-24(30(18(22)4)21-10-8-7-9-11-21)23-16-32-26(29-23)19-12-13-27-20(6-2)14-19/h12-17,21H,5-11H2,1-4H3,(H,28,31). The van der Waals surface area contributed by atoms with Gasteiger partial charge >= 0.3 is 0 Å². The number of nitrogens with zero attached hydrogens (tertiary/aromatic N) is 3. The van der Waals surface area contributed by atoms with Gasteiger partial charge in [0.15, 0.2) is 0 Å². The lowest BCUT2D eigenvalue weighted by Crippen LogP contribution is -2.32. The van der Waals surface area contributed by atoms with Crippen LogP contribution in [0.4, 0.5) is 0 Å². The molecule has 1 saturated carbocycles. The number of nitrogens with one attached hydrogen (secondary N) is 1. The first-order chi connectivity index (χ1) is 15.5. The van der Waals surface area contributed by atoms with Crippen LogP contribution in [-0.2, 0) is 6.42 Å². The molecule has 1 N–H and O–H groups in total. The molecule has 1 aliphatic rings. The van der Waals surface area contributed by atoms with Crippen molar-refractivity contribution in [3.8, 4) is 22.0 Å². The van der Waals surface area contributed by atoms with E-state index in [1.807, 2.05) is 12.3 Å². The summed E-state index contributed by atoms with van der Waals surface area (Å²) >= 11 is 1.66. The highest BCUT2D eigenvalue weighted by Gasteiger charge is 2.26. The Balaban J connectivity index is 1.74. The number of thiazole rings is 1. The van der Waals surface area contributed by atoms with Crippen LogP contribution >= 0.6 is 11.3 Å². The third-order valence-corrected chi connectivity index (χ3v) is 7.55. The molecule has 1 unspecified atom stereocenters. The van der Waals surface area contributed by atoms with Crippen molar-refractivity contribution in [1.29, 1.82) is 0 Å². The first kappa shape index (κ1) is 22.7. The fourth-order valence-corrected chi connectivity index (χ4v) is 5.40. The molecule has 0 radical (unpaired) electrons. The highest BCUT2D eigenvalue weighted by atomic mass is 32.1. The number of hydrogen-bond acceptors (Lipinski definition) is 4. The van der Waals surface area contributed by atoms with Crippen molar-refractivity contribution in [3.63, 3.8) is 0 Å². The highest BCUT2D eigenvalue weighted by molar-refractivity contribution is 7.13. The van der Waals surface area contributed by atoms with Gasteiger partial charge in [0.05, 0.1) is 17.0 Å². The van der Waals surface area contributed by atoms with E-state index in [2.05, 4.69) is 60.1 Å². The third-order valence-electron chi connectivity index (χ3n) is 6.66. The molecule has 3 heterocycles. The lowest BCUT2D eigenvalue weighted by Gasteiger charge is -2.27. The number of rotatable bonds is 7. The summed E-state index contributed by atoms with van der Waals surface area (Å²) in [6, 6.07) is 6.80. The van der Waals surface area contributed by atoms with Gasteiger partial charge in [-0.25, -0.2) is 4.98 Å². The zero-order chi connectivity index (χ0) is 22.7. The van der Waals surface area contributed by atoms with Crippen LogP contribution in [0.25, 0.3) is 22.0 Å². The summed E-state index contributed by atoms with van der Waals surface area (Å²) in [5, 5.41) is 6.28. The molecule has 0 spiro atoms. The number of pyridine rings is 1. The van der Waals surface area contributed by atoms with Crippen LogP contribution in [0.1, 0.15) is 87.1 Å². The Labute approximate surface area is 195 Å². The van der Waals surface area contributed by atoms with E-state index >= 15 is 0 Å². The van der Waals surface area contributed by atoms with E-state index in [4.69, 9.17) is 4.98 Å². The second kappa shape index (κ2) is 9.99. The minimum Gasteiger partial charge on any atom is -0.350 e. The van der Waals surface area contributed by atoms with Crippen molar-refractivity contribution in [2.75, 3.05) is 0 Å². The van der Waals surface area contributed by atoms with Gasteiger partial charge in [-0.2, -0.15) is 0 Å². The van der Waals surface area contributed by atoms with Crippen LogP contribution in [0.5, 0.6) is 0 Å². The van der Waals surface area contributed by atoms with Crippen molar-refractivity contribution < 1.29 is 4.79 Å². The van der Waals surface area contributed by atoms with Crippen molar-refractivity contribution in [2.24, 2.45) is 0 Å². The lowest BCUT2D eigenvalue weighted by molar-refractivity contribution is 0.0938. The zero-order valence-corrected chi connectivity index (χ0v) is 20.5. The first-order valence-electron chi connectivity index (χ1n) is 12.0. The Morgan fingerprint density at radius 2 is 2.03 bits per heavy atom. The molecule has 3 aromatic rings. The van der Waals surface area contributed by atoms with E-state index in [1.165, 1.54) is 19.3 Å². The zero-order valence-electron chi connectivity index (χ0n) is 19.6. The Kier molecular flexibility index (Phi) is 7.09. The van der Waals surface area contributed by atoms with E-state index < -0.39 is 0 Å². The maximum absolute atomic E-state index is 13.1. The maximum atomic E-state index is 13.1. The van der Waals surface area contributed by atoms with Gasteiger partial charge in [-0.05, 0) is 57.7 Å². The molecule has 32 heavy (non-hydrogen) atoms. The molecule has 3 aromatic heterocycles. The highest BCUT2D eigenvalue weighted by Crippen LogP contribution is 2.38. The Bertz CT molecular complexity index is 1080. The molecule has 6 heteroatoms. The van der Waals surface area contributed by atoms with Crippen LogP contribution in [0.2, 0.25) is 0 Å². The Hall–Kier alpha value is -2.47. The number of aromatic nitrogens is 3. The largest absolute Gasteiger partial charge is 0.350 e. The van der Waals surface area contributed by atoms with Crippen LogP contribution < -0.4 is 5.32 Å². The van der Waals surface area contributed by atoms with Gasteiger partial charge in [-0.1, -0.05) is 33.1 Å². The van der Waals surface area contributed by atoms with Crippen LogP contribution in [0, 0.1) is 6.92 Å². The molecule has 4 rings (SSSR count). The topological polar surface area (TPSA) is 59.8 Å². The van der Waals surface area contributed by atoms with Gasteiger partial charge in [-0.3, -0.25) is 9.78 Å². The van der Waals surface area contributed by atoms with Crippen LogP contribution in [-0.4, -0.2) is 26.5 Å². The SMILES string of the molecule is CCc1cc(-c2nc(-c3cc(C(=O)NC(C)CC)c(C)n3C3CCCCC3)cs2)ccn1. The number of carbonyl (C=O) groups is 1. The molecule has 170 valence electrons. The molecule has 0 aromatic carbocycles. The maximum Gasteiger partial charge on any atom is 0.253 e. The summed E-state index contributed by atoms with van der Waals surface area (Å²) in [6.45, 7) is 8.35. The van der Waals surface area contributed by atoms with Crippen LogP contribution in [0.3, 0.4) is 0 Å². The predicted molar refractivity (Wildman–Crippen MR) is 132 cm³/mol. The molecule has 1 atom stereocenters. The molecule has 5 nitrogen and oxygen atoms in total. The van der Waals surface area contributed by atoms with Gasteiger partial charge in [0, 0.05) is 40.6 Å². The monoisotopic (exact) mass is 450 g/mol.